The fraction of sp³-hybridized carbons (Fsp3) is 0.250. The van der Waals surface area contributed by atoms with E-state index in [9.17, 15) is 0 Å². The first-order valence-electron chi connectivity index (χ1n) is 6.87. The van der Waals surface area contributed by atoms with Gasteiger partial charge in [0.15, 0.2) is 5.65 Å². The molecule has 1 aromatic carbocycles. The molecule has 3 heterocycles. The third kappa shape index (κ3) is 1.80. The smallest absolute Gasteiger partial charge is 0.160 e. The monoisotopic (exact) mass is 264 g/mol. The molecule has 1 aliphatic heterocycles. The fourth-order valence-electron chi connectivity index (χ4n) is 3.12. The highest BCUT2D eigenvalue weighted by molar-refractivity contribution is 5.46. The fourth-order valence-corrected chi connectivity index (χ4v) is 3.12. The van der Waals surface area contributed by atoms with Gasteiger partial charge in [-0.2, -0.15) is 0 Å². The van der Waals surface area contributed by atoms with Crippen LogP contribution >= 0.6 is 0 Å². The summed E-state index contributed by atoms with van der Waals surface area (Å²) in [5.41, 5.74) is 5.08. The molecule has 20 heavy (non-hydrogen) atoms. The van der Waals surface area contributed by atoms with Crippen LogP contribution in [0.3, 0.4) is 0 Å². The van der Waals surface area contributed by atoms with E-state index in [4.69, 9.17) is 0 Å². The van der Waals surface area contributed by atoms with E-state index in [-0.39, 0.29) is 0 Å². The van der Waals surface area contributed by atoms with Crippen LogP contribution in [-0.2, 0) is 6.54 Å². The van der Waals surface area contributed by atoms with Crippen LogP contribution in [0.25, 0.3) is 5.65 Å². The lowest BCUT2D eigenvalue weighted by molar-refractivity contribution is 0.295. The topological polar surface area (TPSA) is 33.4 Å². The molecule has 100 valence electrons. The van der Waals surface area contributed by atoms with Crippen molar-refractivity contribution in [3.63, 3.8) is 0 Å². The van der Waals surface area contributed by atoms with Crippen LogP contribution in [0.1, 0.15) is 22.6 Å². The Kier molecular flexibility index (Phi) is 2.57. The Balaban J connectivity index is 1.84. The van der Waals surface area contributed by atoms with Crippen LogP contribution in [-0.4, -0.2) is 33.1 Å². The van der Waals surface area contributed by atoms with Gasteiger partial charge in [-0.05, 0) is 35.9 Å². The maximum atomic E-state index is 4.15. The molecule has 1 atom stereocenters. The van der Waals surface area contributed by atoms with E-state index >= 15 is 0 Å². The van der Waals surface area contributed by atoms with Crippen LogP contribution in [0.2, 0.25) is 0 Å². The Hall–Kier alpha value is -2.20. The minimum Gasteiger partial charge on any atom is -0.301 e. The van der Waals surface area contributed by atoms with Gasteiger partial charge in [0, 0.05) is 25.2 Å². The molecule has 4 rings (SSSR count). The molecular weight excluding hydrogens is 248 g/mol. The van der Waals surface area contributed by atoms with Gasteiger partial charge in [0.1, 0.15) is 6.33 Å². The first-order valence-corrected chi connectivity index (χ1v) is 6.87. The zero-order valence-corrected chi connectivity index (χ0v) is 11.4. The van der Waals surface area contributed by atoms with Crippen molar-refractivity contribution in [3.8, 4) is 0 Å². The average molecular weight is 264 g/mol. The van der Waals surface area contributed by atoms with Crippen molar-refractivity contribution in [3.05, 3.63) is 65.6 Å². The lowest BCUT2D eigenvalue weighted by atomic mass is 9.85. The predicted molar refractivity (Wildman–Crippen MR) is 77.6 cm³/mol. The van der Waals surface area contributed by atoms with E-state index in [2.05, 4.69) is 58.5 Å². The number of likely N-dealkylation sites (N-methyl/N-ethyl adjacent to an activating group) is 1. The lowest BCUT2D eigenvalue weighted by Gasteiger charge is -2.32. The molecule has 0 N–H and O–H groups in total. The highest BCUT2D eigenvalue weighted by Crippen LogP contribution is 2.32. The highest BCUT2D eigenvalue weighted by atomic mass is 15.2. The highest BCUT2D eigenvalue weighted by Gasteiger charge is 2.24. The van der Waals surface area contributed by atoms with Gasteiger partial charge in [-0.1, -0.05) is 24.3 Å². The summed E-state index contributed by atoms with van der Waals surface area (Å²) in [5, 5.41) is 8.10. The molecule has 0 bridgehead atoms. The van der Waals surface area contributed by atoms with Gasteiger partial charge in [-0.3, -0.25) is 4.40 Å². The number of benzene rings is 1. The molecule has 4 nitrogen and oxygen atoms in total. The van der Waals surface area contributed by atoms with Crippen LogP contribution in [0.5, 0.6) is 0 Å². The van der Waals surface area contributed by atoms with Gasteiger partial charge in [0.25, 0.3) is 0 Å². The molecule has 0 fully saturated rings. The van der Waals surface area contributed by atoms with Crippen LogP contribution in [0, 0.1) is 0 Å². The maximum absolute atomic E-state index is 4.15. The molecule has 1 unspecified atom stereocenters. The van der Waals surface area contributed by atoms with Gasteiger partial charge in [-0.25, -0.2) is 0 Å². The van der Waals surface area contributed by atoms with Crippen molar-refractivity contribution >= 4 is 5.65 Å². The molecule has 0 saturated carbocycles. The summed E-state index contributed by atoms with van der Waals surface area (Å²) in [6.45, 7) is 2.07. The second kappa shape index (κ2) is 4.42. The lowest BCUT2D eigenvalue weighted by Crippen LogP contribution is -2.30. The molecule has 2 aromatic heterocycles. The zero-order chi connectivity index (χ0) is 13.5. The Bertz CT molecular complexity index is 762. The normalized spacial score (nSPS) is 19.1. The third-order valence-corrected chi connectivity index (χ3v) is 4.09. The Morgan fingerprint density at radius 1 is 1.20 bits per heavy atom. The average Bonchev–Trinajstić information content (AvgIpc) is 2.93. The summed E-state index contributed by atoms with van der Waals surface area (Å²) in [5.74, 6) is 0.409. The molecule has 0 radical (unpaired) electrons. The Labute approximate surface area is 117 Å². The van der Waals surface area contributed by atoms with Crippen LogP contribution in [0.4, 0.5) is 0 Å². The molecule has 1 aliphatic rings. The summed E-state index contributed by atoms with van der Waals surface area (Å²) in [4.78, 5) is 2.38. The third-order valence-electron chi connectivity index (χ3n) is 4.09. The van der Waals surface area contributed by atoms with E-state index < -0.39 is 0 Å². The van der Waals surface area contributed by atoms with Crippen molar-refractivity contribution < 1.29 is 0 Å². The largest absolute Gasteiger partial charge is 0.301 e. The first-order chi connectivity index (χ1) is 9.81. The zero-order valence-electron chi connectivity index (χ0n) is 11.4. The second-order valence-corrected chi connectivity index (χ2v) is 5.50. The number of nitrogens with zero attached hydrogens (tertiary/aromatic N) is 4. The number of hydrogen-bond donors (Lipinski definition) is 0. The molecule has 0 amide bonds. The van der Waals surface area contributed by atoms with E-state index in [1.54, 1.807) is 6.33 Å². The Morgan fingerprint density at radius 3 is 3.05 bits per heavy atom. The quantitative estimate of drug-likeness (QED) is 0.676. The van der Waals surface area contributed by atoms with E-state index in [0.29, 0.717) is 5.92 Å². The van der Waals surface area contributed by atoms with Crippen molar-refractivity contribution in [1.82, 2.24) is 19.5 Å². The number of pyridine rings is 1. The minimum absolute atomic E-state index is 0.409. The van der Waals surface area contributed by atoms with E-state index in [1.807, 2.05) is 10.6 Å². The van der Waals surface area contributed by atoms with E-state index in [0.717, 1.165) is 18.7 Å². The van der Waals surface area contributed by atoms with Crippen molar-refractivity contribution in [2.24, 2.45) is 0 Å². The standard InChI is InChI=1S/C16H16N4/c1-19-9-13-4-2-3-5-14(13)15(10-19)12-6-7-20-11-17-18-16(20)8-12/h2-8,11,15H,9-10H2,1H3. The van der Waals surface area contributed by atoms with Crippen molar-refractivity contribution in [2.45, 2.75) is 12.5 Å². The number of fused-ring (bicyclic) bond motifs is 2. The molecule has 3 aromatic rings. The van der Waals surface area contributed by atoms with Crippen LogP contribution < -0.4 is 0 Å². The van der Waals surface area contributed by atoms with Gasteiger partial charge < -0.3 is 4.90 Å². The summed E-state index contributed by atoms with van der Waals surface area (Å²) >= 11 is 0. The maximum Gasteiger partial charge on any atom is 0.160 e. The summed E-state index contributed by atoms with van der Waals surface area (Å²) in [7, 11) is 2.18. The minimum atomic E-state index is 0.409. The predicted octanol–water partition coefficient (Wildman–Crippen LogP) is 2.31. The van der Waals surface area contributed by atoms with Crippen molar-refractivity contribution in [1.29, 1.82) is 0 Å². The summed E-state index contributed by atoms with van der Waals surface area (Å²) in [6.07, 6.45) is 3.78. The van der Waals surface area contributed by atoms with Gasteiger partial charge in [-0.15, -0.1) is 10.2 Å². The molecule has 0 saturated heterocycles. The molecule has 0 aliphatic carbocycles. The summed E-state index contributed by atoms with van der Waals surface area (Å²) < 4.78 is 1.95. The van der Waals surface area contributed by atoms with Gasteiger partial charge >= 0.3 is 0 Å². The number of aromatic nitrogens is 3. The molecular formula is C16H16N4. The second-order valence-electron chi connectivity index (χ2n) is 5.50. The van der Waals surface area contributed by atoms with Crippen molar-refractivity contribution in [2.75, 3.05) is 13.6 Å². The van der Waals surface area contributed by atoms with E-state index in [1.165, 1.54) is 16.7 Å². The summed E-state index contributed by atoms with van der Waals surface area (Å²) in [6, 6.07) is 13.1. The number of rotatable bonds is 1. The number of hydrogen-bond acceptors (Lipinski definition) is 3. The Morgan fingerprint density at radius 2 is 2.10 bits per heavy atom. The van der Waals surface area contributed by atoms with Gasteiger partial charge in [0.05, 0.1) is 0 Å². The van der Waals surface area contributed by atoms with Gasteiger partial charge in [0.2, 0.25) is 0 Å². The molecule has 0 spiro atoms. The van der Waals surface area contributed by atoms with Crippen LogP contribution in [0.15, 0.2) is 48.9 Å². The molecule has 4 heteroatoms. The first kappa shape index (κ1) is 11.6. The SMILES string of the molecule is CN1Cc2ccccc2C(c2ccn3cnnc3c2)C1.